The zero-order chi connectivity index (χ0) is 21.1. The normalized spacial score (nSPS) is 13.4. The van der Waals surface area contributed by atoms with E-state index in [-0.39, 0.29) is 5.92 Å². The molecule has 0 aliphatic heterocycles. The van der Waals surface area contributed by atoms with E-state index < -0.39 is 38.6 Å². The number of carbonyl (C=O) groups excluding carboxylic acids is 1. The molecule has 0 saturated heterocycles. The minimum absolute atomic E-state index is 0.113. The quantitative estimate of drug-likeness (QED) is 0.746. The molecule has 2 N–H and O–H groups in total. The molecule has 1 unspecified atom stereocenters. The fourth-order valence-corrected chi connectivity index (χ4v) is 4.07. The maximum absolute atomic E-state index is 13.1. The highest BCUT2D eigenvalue weighted by molar-refractivity contribution is 7.89. The van der Waals surface area contributed by atoms with Gasteiger partial charge in [0, 0.05) is 5.69 Å². The third-order valence-electron chi connectivity index (χ3n) is 4.05. The van der Waals surface area contributed by atoms with Gasteiger partial charge in [0.25, 0.3) is 0 Å². The van der Waals surface area contributed by atoms with Crippen LogP contribution in [-0.2, 0) is 21.0 Å². The average molecular weight is 414 g/mol. The number of nitrogens with one attached hydrogen (secondary N) is 2. The van der Waals surface area contributed by atoms with E-state index in [2.05, 4.69) is 5.32 Å². The maximum Gasteiger partial charge on any atom is 0.417 e. The Bertz CT molecular complexity index is 957. The van der Waals surface area contributed by atoms with Crippen LogP contribution in [0.15, 0.2) is 53.4 Å². The van der Waals surface area contributed by atoms with Gasteiger partial charge in [0.1, 0.15) is 0 Å². The van der Waals surface area contributed by atoms with Crippen molar-refractivity contribution in [3.05, 3.63) is 59.7 Å². The summed E-state index contributed by atoms with van der Waals surface area (Å²) in [7, 11) is -4.57. The molecular weight excluding hydrogens is 393 g/mol. The Balaban J connectivity index is 2.23. The molecule has 2 aromatic rings. The Morgan fingerprint density at radius 2 is 1.54 bits per heavy atom. The molecule has 2 aromatic carbocycles. The van der Waals surface area contributed by atoms with Crippen LogP contribution in [0.25, 0.3) is 0 Å². The topological polar surface area (TPSA) is 75.3 Å². The van der Waals surface area contributed by atoms with Gasteiger partial charge in [0.05, 0.1) is 16.5 Å². The number of hydrogen-bond acceptors (Lipinski definition) is 3. The Labute approximate surface area is 162 Å². The zero-order valence-electron chi connectivity index (χ0n) is 15.5. The van der Waals surface area contributed by atoms with Gasteiger partial charge in [-0.15, -0.1) is 0 Å². The molecule has 0 heterocycles. The predicted molar refractivity (Wildman–Crippen MR) is 100 cm³/mol. The van der Waals surface area contributed by atoms with E-state index in [1.807, 2.05) is 30.7 Å². The fraction of sp³-hybridized carbons (Fsp3) is 0.316. The van der Waals surface area contributed by atoms with Gasteiger partial charge in [-0.05, 0) is 36.6 Å². The largest absolute Gasteiger partial charge is 0.417 e. The zero-order valence-corrected chi connectivity index (χ0v) is 16.4. The van der Waals surface area contributed by atoms with Gasteiger partial charge in [-0.3, -0.25) is 4.79 Å². The fourth-order valence-electron chi connectivity index (χ4n) is 2.64. The van der Waals surface area contributed by atoms with Crippen molar-refractivity contribution in [2.45, 2.75) is 43.8 Å². The van der Waals surface area contributed by atoms with Gasteiger partial charge >= 0.3 is 6.18 Å². The summed E-state index contributed by atoms with van der Waals surface area (Å²) in [6, 6.07) is 9.56. The number of sulfonamides is 1. The molecule has 152 valence electrons. The summed E-state index contributed by atoms with van der Waals surface area (Å²) in [5.74, 6) is -0.566. The summed E-state index contributed by atoms with van der Waals surface area (Å²) in [4.78, 5) is 11.5. The Kier molecular flexibility index (Phi) is 6.51. The van der Waals surface area contributed by atoms with Crippen LogP contribution in [0.4, 0.5) is 18.9 Å². The first-order chi connectivity index (χ1) is 12.9. The lowest BCUT2D eigenvalue weighted by molar-refractivity contribution is -0.139. The summed E-state index contributed by atoms with van der Waals surface area (Å²) in [6.07, 6.45) is -4.84. The Morgan fingerprint density at radius 3 is 2.14 bits per heavy atom. The number of carbonyl (C=O) groups is 1. The van der Waals surface area contributed by atoms with Crippen molar-refractivity contribution in [1.29, 1.82) is 0 Å². The van der Waals surface area contributed by atoms with Crippen molar-refractivity contribution in [2.24, 2.45) is 0 Å². The number of para-hydroxylation sites is 1. The molecular formula is C19H21F3N2O3S. The lowest BCUT2D eigenvalue weighted by Gasteiger charge is -2.19. The van der Waals surface area contributed by atoms with Gasteiger partial charge in [-0.1, -0.05) is 44.2 Å². The molecule has 9 heteroatoms. The third-order valence-corrected chi connectivity index (χ3v) is 5.65. The van der Waals surface area contributed by atoms with Crippen molar-refractivity contribution in [3.63, 3.8) is 0 Å². The molecule has 0 aliphatic carbocycles. The van der Waals surface area contributed by atoms with Gasteiger partial charge in [-0.2, -0.15) is 17.9 Å². The van der Waals surface area contributed by atoms with Gasteiger partial charge < -0.3 is 5.32 Å². The number of halogens is 3. The minimum Gasteiger partial charge on any atom is -0.324 e. The number of rotatable bonds is 6. The molecule has 28 heavy (non-hydrogen) atoms. The van der Waals surface area contributed by atoms with E-state index in [4.69, 9.17) is 0 Å². The van der Waals surface area contributed by atoms with E-state index in [1.165, 1.54) is 13.0 Å². The highest BCUT2D eigenvalue weighted by Gasteiger charge is 2.37. The Hall–Kier alpha value is -2.39. The van der Waals surface area contributed by atoms with E-state index in [9.17, 15) is 26.4 Å². The first-order valence-corrected chi connectivity index (χ1v) is 10.00. The van der Waals surface area contributed by atoms with Crippen molar-refractivity contribution >= 4 is 21.6 Å². The monoisotopic (exact) mass is 414 g/mol. The molecule has 1 atom stereocenters. The maximum atomic E-state index is 13.1. The molecule has 0 spiro atoms. The standard InChI is InChI=1S/C19H21F3N2O3S/c1-12(2)14-8-4-6-10-16(14)23-18(25)13(3)24-28(26,27)17-11-7-5-9-15(17)19(20,21)22/h4-13,24H,1-3H3,(H,23,25). The lowest BCUT2D eigenvalue weighted by Crippen LogP contribution is -2.42. The van der Waals surface area contributed by atoms with Crippen LogP contribution in [-0.4, -0.2) is 20.4 Å². The molecule has 0 aliphatic rings. The molecule has 5 nitrogen and oxygen atoms in total. The smallest absolute Gasteiger partial charge is 0.324 e. The second-order valence-electron chi connectivity index (χ2n) is 6.57. The number of anilines is 1. The van der Waals surface area contributed by atoms with E-state index >= 15 is 0 Å². The highest BCUT2D eigenvalue weighted by atomic mass is 32.2. The van der Waals surface area contributed by atoms with E-state index in [1.54, 1.807) is 12.1 Å². The molecule has 0 bridgehead atoms. The SMILES string of the molecule is CC(NS(=O)(=O)c1ccccc1C(F)(F)F)C(=O)Nc1ccccc1C(C)C. The van der Waals surface area contributed by atoms with Crippen LogP contribution in [0.1, 0.15) is 37.8 Å². The molecule has 2 rings (SSSR count). The molecule has 0 radical (unpaired) electrons. The lowest BCUT2D eigenvalue weighted by atomic mass is 10.0. The summed E-state index contributed by atoms with van der Waals surface area (Å²) in [6.45, 7) is 5.14. The van der Waals surface area contributed by atoms with Crippen molar-refractivity contribution < 1.29 is 26.4 Å². The first-order valence-electron chi connectivity index (χ1n) is 8.52. The van der Waals surface area contributed by atoms with Crippen molar-refractivity contribution in [1.82, 2.24) is 4.72 Å². The second-order valence-corrected chi connectivity index (χ2v) is 8.25. The Morgan fingerprint density at radius 1 is 0.964 bits per heavy atom. The van der Waals surface area contributed by atoms with E-state index in [0.717, 1.165) is 17.7 Å². The van der Waals surface area contributed by atoms with Crippen LogP contribution in [0.3, 0.4) is 0 Å². The van der Waals surface area contributed by atoms with Crippen LogP contribution in [0.2, 0.25) is 0 Å². The summed E-state index contributed by atoms with van der Waals surface area (Å²) in [5, 5.41) is 2.62. The van der Waals surface area contributed by atoms with Gasteiger partial charge in [-0.25, -0.2) is 8.42 Å². The van der Waals surface area contributed by atoms with Crippen molar-refractivity contribution in [3.8, 4) is 0 Å². The molecule has 0 fully saturated rings. The first kappa shape index (κ1) is 21.9. The third kappa shape index (κ3) is 5.11. The summed E-state index contributed by atoms with van der Waals surface area (Å²) >= 11 is 0. The molecule has 0 saturated carbocycles. The highest BCUT2D eigenvalue weighted by Crippen LogP contribution is 2.34. The van der Waals surface area contributed by atoms with Crippen LogP contribution < -0.4 is 10.0 Å². The predicted octanol–water partition coefficient (Wildman–Crippen LogP) is 4.13. The summed E-state index contributed by atoms with van der Waals surface area (Å²) < 4.78 is 66.2. The number of hydrogen-bond donors (Lipinski definition) is 2. The van der Waals surface area contributed by atoms with Crippen LogP contribution in [0.5, 0.6) is 0 Å². The van der Waals surface area contributed by atoms with Crippen LogP contribution in [0, 0.1) is 0 Å². The van der Waals surface area contributed by atoms with E-state index in [0.29, 0.717) is 11.8 Å². The number of benzene rings is 2. The van der Waals surface area contributed by atoms with Gasteiger partial charge in [0.15, 0.2) is 0 Å². The molecule has 1 amide bonds. The average Bonchev–Trinajstić information content (AvgIpc) is 2.61. The van der Waals surface area contributed by atoms with Crippen molar-refractivity contribution in [2.75, 3.05) is 5.32 Å². The minimum atomic E-state index is -4.84. The second kappa shape index (κ2) is 8.32. The van der Waals surface area contributed by atoms with Gasteiger partial charge in [0.2, 0.25) is 15.9 Å². The summed E-state index contributed by atoms with van der Waals surface area (Å²) in [5.41, 5.74) is 0.0813. The molecule has 0 aromatic heterocycles. The number of alkyl halides is 3. The number of amides is 1. The van der Waals surface area contributed by atoms with Crippen LogP contribution >= 0.6 is 0 Å².